The summed E-state index contributed by atoms with van der Waals surface area (Å²) < 4.78 is 90.7. The van der Waals surface area contributed by atoms with Crippen LogP contribution < -0.4 is 23.7 Å². The Morgan fingerprint density at radius 2 is 0.968 bits per heavy atom. The van der Waals surface area contributed by atoms with Gasteiger partial charge < -0.3 is 53.2 Å². The number of carbonyl (C=O) groups excluding carboxylic acids is 3. The minimum Gasteiger partial charge on any atom is -0.508 e. The zero-order valence-electron chi connectivity index (χ0n) is 53.2. The molecule has 2 atom stereocenters. The summed E-state index contributed by atoms with van der Waals surface area (Å²) in [4.78, 5) is 61.5. The van der Waals surface area contributed by atoms with Gasteiger partial charge in [-0.15, -0.1) is 0 Å². The highest BCUT2D eigenvalue weighted by Crippen LogP contribution is 2.49. The van der Waals surface area contributed by atoms with Crippen LogP contribution in [-0.4, -0.2) is 100 Å². The molecule has 0 saturated carbocycles. The molecule has 0 aliphatic carbocycles. The molecule has 0 spiro atoms. The number of aliphatic hydroxyl groups is 3. The smallest absolute Gasteiger partial charge is 0.421 e. The fraction of sp³-hybridized carbons (Fsp3) is 0.397. The van der Waals surface area contributed by atoms with E-state index in [-0.39, 0.29) is 133 Å². The van der Waals surface area contributed by atoms with Gasteiger partial charge in [-0.05, 0) is 196 Å². The Morgan fingerprint density at radius 1 is 0.516 bits per heavy atom. The molecule has 0 bridgehead atoms. The number of halogens is 7. The molecule has 25 heteroatoms. The Hall–Kier alpha value is -7.50. The van der Waals surface area contributed by atoms with E-state index in [1.807, 2.05) is 6.92 Å². The van der Waals surface area contributed by atoms with Gasteiger partial charge in [0.25, 0.3) is 0 Å². The molecule has 6 aromatic rings. The van der Waals surface area contributed by atoms with Crippen molar-refractivity contribution < 1.29 is 80.8 Å². The number of carbonyl (C=O) groups is 3. The number of methoxy groups -OCH3 is 2. The third-order valence-electron chi connectivity index (χ3n) is 16.4. The second-order valence-corrected chi connectivity index (χ2v) is 26.7. The van der Waals surface area contributed by atoms with Crippen LogP contribution in [0, 0.1) is 0 Å². The Bertz CT molecular complexity index is 4090. The summed E-state index contributed by atoms with van der Waals surface area (Å²) >= 11 is 25.0. The van der Waals surface area contributed by atoms with Crippen molar-refractivity contribution in [2.45, 2.75) is 161 Å². The maximum absolute atomic E-state index is 15.6. The SMILES string of the molecule is CCc1ccc(Oc2cc(OC)nc(OC)n2)cc1C1=C(O)C(C)(C)OC(C)(CCCc2ccc(Oc3nc(Cl)c(Cl)cc3Cl)cc2C2=C(O)C(C)(C)OC(C)(CCCc3ccc(Oc4ncc(Cl)cc4C(F)(F)F)cc3C3=C(O)C(C)(C)OC(C)(C)C3=O)C2=O)C1=O. The number of aryl methyl sites for hydroxylation is 3. The number of Topliss-reactive ketones (excluding diaryl/α,β-unsaturated/α-hetero) is 3. The topological polar surface area (TPSA) is 237 Å². The molecule has 3 aromatic heterocycles. The van der Waals surface area contributed by atoms with Gasteiger partial charge in [0.05, 0.1) is 47.1 Å². The summed E-state index contributed by atoms with van der Waals surface area (Å²) in [5, 5.41) is 35.8. The molecule has 3 aromatic carbocycles. The summed E-state index contributed by atoms with van der Waals surface area (Å²) in [5.74, 6) is -3.31. The lowest BCUT2D eigenvalue weighted by atomic mass is 9.77. The van der Waals surface area contributed by atoms with Crippen LogP contribution in [0.4, 0.5) is 13.2 Å². The molecule has 0 amide bonds. The van der Waals surface area contributed by atoms with Crippen LogP contribution in [0.25, 0.3) is 16.7 Å². The lowest BCUT2D eigenvalue weighted by Gasteiger charge is -2.43. The molecule has 18 nitrogen and oxygen atoms in total. The van der Waals surface area contributed by atoms with E-state index < -0.39 is 80.1 Å². The van der Waals surface area contributed by atoms with E-state index in [2.05, 4.69) is 19.9 Å². The summed E-state index contributed by atoms with van der Waals surface area (Å²) in [5.41, 5.74) is -8.09. The predicted octanol–water partition coefficient (Wildman–Crippen LogP) is 17.1. The normalized spacial score (nSPS) is 20.3. The second-order valence-electron chi connectivity index (χ2n) is 25.1. The van der Waals surface area contributed by atoms with Crippen molar-refractivity contribution in [3.8, 4) is 46.8 Å². The summed E-state index contributed by atoms with van der Waals surface area (Å²) in [6.07, 6.45) is -2.73. The summed E-state index contributed by atoms with van der Waals surface area (Å²) in [6, 6.07) is 17.8. The number of rotatable bonds is 20. The number of aliphatic hydroxyl groups excluding tert-OH is 3. The number of benzene rings is 3. The van der Waals surface area contributed by atoms with E-state index in [0.717, 1.165) is 11.8 Å². The number of ketones is 3. The highest BCUT2D eigenvalue weighted by atomic mass is 35.5. The van der Waals surface area contributed by atoms with Crippen LogP contribution >= 0.6 is 46.4 Å². The Balaban J connectivity index is 1.05. The van der Waals surface area contributed by atoms with Crippen molar-refractivity contribution in [2.24, 2.45) is 0 Å². The average Bonchev–Trinajstić information content (AvgIpc) is 0.753. The first-order chi connectivity index (χ1) is 43.3. The molecule has 93 heavy (non-hydrogen) atoms. The van der Waals surface area contributed by atoms with Crippen LogP contribution in [0.5, 0.6) is 46.8 Å². The van der Waals surface area contributed by atoms with Gasteiger partial charge in [0.1, 0.15) is 78.7 Å². The quantitative estimate of drug-likeness (QED) is 0.0602. The average molecular weight is 1370 g/mol. The van der Waals surface area contributed by atoms with Gasteiger partial charge in [-0.3, -0.25) is 14.4 Å². The molecule has 2 unspecified atom stereocenters. The van der Waals surface area contributed by atoms with Crippen LogP contribution in [0.2, 0.25) is 20.2 Å². The standard InChI is InChI=1S/C68H69Cl4F3N4O14/c1-14-34-19-22-38(88-48-32-47(86-12)77-61(78-48)87-13)28-41(34)50-54(82)64(6,7)92-66(10,56(50)84)25-16-18-36-21-24-40(90-60-46(71)31-45(70)58(72)79-60)30-43(36)51-55(83)65(8,9)93-67(11,57(51)85)26-15-17-35-20-23-39(89-59-44(68(73,74)75)27-37(69)33-76-59)29-42(35)49-52(80)62(2,3)91-63(4,5)53(49)81/h19-24,27-33,80,82-83H,14-18,25-26H2,1-13H3. The highest BCUT2D eigenvalue weighted by molar-refractivity contribution is 6.42. The molecular formula is C68H69Cl4F3N4O14. The first-order valence-electron chi connectivity index (χ1n) is 29.6. The predicted molar refractivity (Wildman–Crippen MR) is 344 cm³/mol. The van der Waals surface area contributed by atoms with E-state index in [9.17, 15) is 33.3 Å². The van der Waals surface area contributed by atoms with Gasteiger partial charge in [-0.2, -0.15) is 28.1 Å². The van der Waals surface area contributed by atoms with E-state index in [0.29, 0.717) is 29.2 Å². The molecule has 0 fully saturated rings. The molecule has 6 heterocycles. The van der Waals surface area contributed by atoms with Crippen LogP contribution in [0.1, 0.15) is 141 Å². The highest BCUT2D eigenvalue weighted by Gasteiger charge is 2.52. The lowest BCUT2D eigenvalue weighted by Crippen LogP contribution is -2.51. The van der Waals surface area contributed by atoms with Crippen molar-refractivity contribution in [3.63, 3.8) is 0 Å². The van der Waals surface area contributed by atoms with Crippen LogP contribution in [0.3, 0.4) is 0 Å². The fourth-order valence-electron chi connectivity index (χ4n) is 11.9. The Labute approximate surface area is 555 Å². The number of ether oxygens (including phenoxy) is 8. The number of hydrogen-bond donors (Lipinski definition) is 3. The zero-order valence-corrected chi connectivity index (χ0v) is 56.2. The van der Waals surface area contributed by atoms with Crippen molar-refractivity contribution >= 4 is 80.5 Å². The van der Waals surface area contributed by atoms with E-state index in [1.165, 1.54) is 58.4 Å². The van der Waals surface area contributed by atoms with Crippen molar-refractivity contribution in [2.75, 3.05) is 14.2 Å². The number of nitrogens with zero attached hydrogens (tertiary/aromatic N) is 4. The van der Waals surface area contributed by atoms with Crippen LogP contribution in [0.15, 0.2) is 96.3 Å². The maximum Gasteiger partial charge on any atom is 0.421 e. The van der Waals surface area contributed by atoms with Gasteiger partial charge >= 0.3 is 12.2 Å². The number of aromatic nitrogens is 4. The largest absolute Gasteiger partial charge is 0.508 e. The molecule has 9 rings (SSSR count). The van der Waals surface area contributed by atoms with Crippen molar-refractivity contribution in [1.82, 2.24) is 19.9 Å². The summed E-state index contributed by atoms with van der Waals surface area (Å²) in [6.45, 7) is 17.9. The monoisotopic (exact) mass is 1360 g/mol. The maximum atomic E-state index is 15.6. The van der Waals surface area contributed by atoms with Gasteiger partial charge in [0.15, 0.2) is 22.5 Å². The van der Waals surface area contributed by atoms with E-state index >= 15 is 9.59 Å². The van der Waals surface area contributed by atoms with E-state index in [4.69, 9.17) is 84.3 Å². The Kier molecular flexibility index (Phi) is 19.5. The van der Waals surface area contributed by atoms with Crippen molar-refractivity contribution in [3.05, 3.63) is 155 Å². The lowest BCUT2D eigenvalue weighted by molar-refractivity contribution is -0.164. The number of alkyl halides is 3. The number of pyridine rings is 2. The van der Waals surface area contributed by atoms with Crippen molar-refractivity contribution in [1.29, 1.82) is 0 Å². The van der Waals surface area contributed by atoms with E-state index in [1.54, 1.807) is 91.8 Å². The molecule has 3 aliphatic rings. The van der Waals surface area contributed by atoms with Gasteiger partial charge in [-0.25, -0.2) is 4.98 Å². The first kappa shape index (κ1) is 69.8. The molecule has 3 aliphatic heterocycles. The third kappa shape index (κ3) is 14.3. The summed E-state index contributed by atoms with van der Waals surface area (Å²) in [7, 11) is 2.83. The third-order valence-corrected chi connectivity index (χ3v) is 17.5. The van der Waals surface area contributed by atoms with Gasteiger partial charge in [0, 0.05) is 6.20 Å². The molecule has 494 valence electrons. The second kappa shape index (κ2) is 26.0. The molecule has 0 saturated heterocycles. The Morgan fingerprint density at radius 3 is 1.45 bits per heavy atom. The fourth-order valence-corrected chi connectivity index (χ4v) is 12.6. The first-order valence-corrected chi connectivity index (χ1v) is 31.1. The number of hydrogen-bond acceptors (Lipinski definition) is 18. The minimum absolute atomic E-state index is 0.00400. The molecular weight excluding hydrogens is 1300 g/mol. The van der Waals surface area contributed by atoms with Gasteiger partial charge in [0.2, 0.25) is 23.5 Å². The molecule has 3 N–H and O–H groups in total. The zero-order chi connectivity index (χ0) is 68.3. The van der Waals surface area contributed by atoms with Gasteiger partial charge in [-0.1, -0.05) is 71.5 Å². The minimum atomic E-state index is -4.91. The molecule has 0 radical (unpaired) electrons. The van der Waals surface area contributed by atoms with Crippen LogP contribution in [-0.2, 0) is 54.0 Å².